The number of aryl methyl sites for hydroxylation is 2. The van der Waals surface area contributed by atoms with E-state index in [1.54, 1.807) is 29.7 Å². The van der Waals surface area contributed by atoms with E-state index >= 15 is 0 Å². The average Bonchev–Trinajstić information content (AvgIpc) is 2.79. The van der Waals surface area contributed by atoms with Crippen LogP contribution in [0.5, 0.6) is 5.75 Å². The van der Waals surface area contributed by atoms with Gasteiger partial charge < -0.3 is 5.11 Å². The zero-order valence-electron chi connectivity index (χ0n) is 9.97. The van der Waals surface area contributed by atoms with Crippen LogP contribution in [0.3, 0.4) is 0 Å². The minimum Gasteiger partial charge on any atom is -0.508 e. The summed E-state index contributed by atoms with van der Waals surface area (Å²) in [5, 5.41) is 10.2. The van der Waals surface area contributed by atoms with Crippen LogP contribution >= 0.6 is 11.3 Å². The fourth-order valence-electron chi connectivity index (χ4n) is 2.13. The smallest absolute Gasteiger partial charge is 0.209 e. The molecule has 3 nitrogen and oxygen atoms in total. The molecule has 0 radical (unpaired) electrons. The van der Waals surface area contributed by atoms with Crippen LogP contribution in [0.1, 0.15) is 29.0 Å². The van der Waals surface area contributed by atoms with Gasteiger partial charge in [0.25, 0.3) is 0 Å². The predicted molar refractivity (Wildman–Crippen MR) is 74.1 cm³/mol. The number of aromatic hydroxyl groups is 1. The number of benzene rings is 1. The first-order valence-electron chi connectivity index (χ1n) is 6.13. The van der Waals surface area contributed by atoms with Gasteiger partial charge in [-0.15, -0.1) is 0 Å². The third-order valence-electron chi connectivity index (χ3n) is 3.03. The summed E-state index contributed by atoms with van der Waals surface area (Å²) in [6.07, 6.45) is 6.50. The molecule has 0 atom stereocenters. The summed E-state index contributed by atoms with van der Waals surface area (Å²) in [5.41, 5.74) is 2.12. The molecule has 0 saturated carbocycles. The fourth-order valence-corrected chi connectivity index (χ4v) is 3.12. The summed E-state index contributed by atoms with van der Waals surface area (Å²) < 4.78 is 0. The second-order valence-corrected chi connectivity index (χ2v) is 5.49. The third kappa shape index (κ3) is 2.43. The van der Waals surface area contributed by atoms with E-state index in [4.69, 9.17) is 0 Å². The Morgan fingerprint density at radius 1 is 1.28 bits per heavy atom. The van der Waals surface area contributed by atoms with Gasteiger partial charge in [0.15, 0.2) is 0 Å². The Morgan fingerprint density at radius 2 is 2.17 bits per heavy atom. The van der Waals surface area contributed by atoms with Gasteiger partial charge in [-0.25, -0.2) is 9.98 Å². The Hall–Kier alpha value is -1.68. The van der Waals surface area contributed by atoms with E-state index < -0.39 is 0 Å². The van der Waals surface area contributed by atoms with Crippen LogP contribution < -0.4 is 0 Å². The zero-order chi connectivity index (χ0) is 12.4. The van der Waals surface area contributed by atoms with Crippen LogP contribution in [0.4, 0.5) is 5.13 Å². The maximum atomic E-state index is 9.37. The molecule has 1 heterocycles. The molecule has 3 rings (SSSR count). The summed E-state index contributed by atoms with van der Waals surface area (Å²) in [7, 11) is 0. The molecule has 1 aliphatic rings. The molecular weight excluding hydrogens is 244 g/mol. The quantitative estimate of drug-likeness (QED) is 0.838. The summed E-state index contributed by atoms with van der Waals surface area (Å²) in [6, 6.07) is 7.07. The average molecular weight is 258 g/mol. The van der Waals surface area contributed by atoms with Crippen molar-refractivity contribution in [3.63, 3.8) is 0 Å². The monoisotopic (exact) mass is 258 g/mol. The molecule has 0 saturated heterocycles. The fraction of sp³-hybridized carbons (Fsp3) is 0.286. The molecule has 0 unspecified atom stereocenters. The van der Waals surface area contributed by atoms with Crippen molar-refractivity contribution >= 4 is 22.7 Å². The molecule has 1 aliphatic carbocycles. The van der Waals surface area contributed by atoms with Gasteiger partial charge >= 0.3 is 0 Å². The normalized spacial score (nSPS) is 14.9. The number of aromatic nitrogens is 1. The van der Waals surface area contributed by atoms with E-state index in [-0.39, 0.29) is 5.75 Å². The van der Waals surface area contributed by atoms with E-state index in [1.165, 1.54) is 23.4 Å². The molecular formula is C14H14N2OS. The van der Waals surface area contributed by atoms with E-state index in [0.29, 0.717) is 0 Å². The summed E-state index contributed by atoms with van der Waals surface area (Å²) in [4.78, 5) is 10.3. The minimum atomic E-state index is 0.261. The highest BCUT2D eigenvalue weighted by Crippen LogP contribution is 2.31. The first-order chi connectivity index (χ1) is 8.81. The van der Waals surface area contributed by atoms with Crippen LogP contribution in [-0.2, 0) is 12.8 Å². The molecule has 1 N–H and O–H groups in total. The van der Waals surface area contributed by atoms with Crippen LogP contribution in [0.15, 0.2) is 29.3 Å². The van der Waals surface area contributed by atoms with Crippen molar-refractivity contribution in [3.05, 3.63) is 40.4 Å². The van der Waals surface area contributed by atoms with Gasteiger partial charge in [0.1, 0.15) is 5.75 Å². The number of thiazole rings is 1. The topological polar surface area (TPSA) is 45.5 Å². The number of fused-ring (bicyclic) bond motifs is 1. The molecule has 0 amide bonds. The molecule has 0 spiro atoms. The molecule has 1 aromatic heterocycles. The van der Waals surface area contributed by atoms with Crippen LogP contribution in [0, 0.1) is 0 Å². The van der Waals surface area contributed by atoms with E-state index in [0.717, 1.165) is 23.5 Å². The molecule has 18 heavy (non-hydrogen) atoms. The lowest BCUT2D eigenvalue weighted by Crippen LogP contribution is -1.98. The predicted octanol–water partition coefficient (Wildman–Crippen LogP) is 3.48. The molecule has 0 fully saturated rings. The number of aliphatic imine (C=N–C) groups is 1. The summed E-state index contributed by atoms with van der Waals surface area (Å²) >= 11 is 1.69. The second kappa shape index (κ2) is 4.90. The minimum absolute atomic E-state index is 0.261. The standard InChI is InChI=1S/C14H14N2OS/c17-11-5-3-4-10(8-11)9-15-14-16-12-6-1-2-7-13(12)18-14/h3-5,8-9,17H,1-2,6-7H2. The lowest BCUT2D eigenvalue weighted by atomic mass is 10.0. The molecule has 0 aliphatic heterocycles. The Kier molecular flexibility index (Phi) is 3.11. The number of phenols is 1. The van der Waals surface area contributed by atoms with Gasteiger partial charge in [-0.05, 0) is 43.4 Å². The molecule has 1 aromatic carbocycles. The number of hydrogen-bond acceptors (Lipinski definition) is 4. The van der Waals surface area contributed by atoms with Crippen molar-refractivity contribution in [2.75, 3.05) is 0 Å². The van der Waals surface area contributed by atoms with Crippen LogP contribution in [0.25, 0.3) is 0 Å². The molecule has 4 heteroatoms. The van der Waals surface area contributed by atoms with E-state index in [2.05, 4.69) is 9.98 Å². The lowest BCUT2D eigenvalue weighted by molar-refractivity contribution is 0.475. The highest BCUT2D eigenvalue weighted by atomic mass is 32.1. The number of phenolic OH excluding ortho intramolecular Hbond substituents is 1. The Bertz CT molecular complexity index is 566. The molecule has 92 valence electrons. The van der Waals surface area contributed by atoms with Gasteiger partial charge in [-0.3, -0.25) is 0 Å². The maximum Gasteiger partial charge on any atom is 0.209 e. The zero-order valence-corrected chi connectivity index (χ0v) is 10.8. The van der Waals surface area contributed by atoms with Crippen molar-refractivity contribution in [1.82, 2.24) is 4.98 Å². The van der Waals surface area contributed by atoms with Crippen LogP contribution in [-0.4, -0.2) is 16.3 Å². The third-order valence-corrected chi connectivity index (χ3v) is 4.09. The van der Waals surface area contributed by atoms with Crippen molar-refractivity contribution in [2.45, 2.75) is 25.7 Å². The Labute approximate surface area is 110 Å². The highest BCUT2D eigenvalue weighted by Gasteiger charge is 2.14. The van der Waals surface area contributed by atoms with Crippen molar-refractivity contribution in [3.8, 4) is 5.75 Å². The van der Waals surface area contributed by atoms with Crippen molar-refractivity contribution in [1.29, 1.82) is 0 Å². The number of hydrogen-bond donors (Lipinski definition) is 1. The lowest BCUT2D eigenvalue weighted by Gasteiger charge is -2.06. The van der Waals surface area contributed by atoms with Crippen LogP contribution in [0.2, 0.25) is 0 Å². The SMILES string of the molecule is Oc1cccc(C=Nc2nc3c(s2)CCCC3)c1. The number of nitrogens with zero attached hydrogens (tertiary/aromatic N) is 2. The van der Waals surface area contributed by atoms with Crippen molar-refractivity contribution < 1.29 is 5.11 Å². The number of rotatable bonds is 2. The summed E-state index contributed by atoms with van der Waals surface area (Å²) in [6.45, 7) is 0. The van der Waals surface area contributed by atoms with E-state index in [9.17, 15) is 5.11 Å². The maximum absolute atomic E-state index is 9.37. The van der Waals surface area contributed by atoms with Crippen molar-refractivity contribution in [2.24, 2.45) is 4.99 Å². The van der Waals surface area contributed by atoms with Gasteiger partial charge in [0.05, 0.1) is 5.69 Å². The first-order valence-corrected chi connectivity index (χ1v) is 6.94. The molecule has 2 aromatic rings. The van der Waals surface area contributed by atoms with E-state index in [1.807, 2.05) is 12.1 Å². The largest absolute Gasteiger partial charge is 0.508 e. The Morgan fingerprint density at radius 3 is 3.00 bits per heavy atom. The second-order valence-electron chi connectivity index (χ2n) is 4.43. The van der Waals surface area contributed by atoms with Gasteiger partial charge in [0.2, 0.25) is 5.13 Å². The molecule has 0 bridgehead atoms. The summed E-state index contributed by atoms with van der Waals surface area (Å²) in [5.74, 6) is 0.261. The van der Waals surface area contributed by atoms with Gasteiger partial charge in [0, 0.05) is 11.1 Å². The highest BCUT2D eigenvalue weighted by molar-refractivity contribution is 7.15. The van der Waals surface area contributed by atoms with Gasteiger partial charge in [-0.1, -0.05) is 23.5 Å². The Balaban J connectivity index is 1.82. The first kappa shape index (κ1) is 11.4. The van der Waals surface area contributed by atoms with Gasteiger partial charge in [-0.2, -0.15) is 0 Å².